The van der Waals surface area contributed by atoms with E-state index in [1.165, 1.54) is 45.8 Å². The molecule has 1 aliphatic rings. The topological polar surface area (TPSA) is 64.6 Å². The molecule has 0 fully saturated rings. The first-order valence-electron chi connectivity index (χ1n) is 9.78. The second-order valence-electron chi connectivity index (χ2n) is 7.36. The van der Waals surface area contributed by atoms with Crippen LogP contribution in [0, 0.1) is 13.8 Å². The summed E-state index contributed by atoms with van der Waals surface area (Å²) in [4.78, 5) is 26.8. The summed E-state index contributed by atoms with van der Waals surface area (Å²) >= 11 is 2.84. The zero-order valence-electron chi connectivity index (χ0n) is 17.2. The average Bonchev–Trinajstić information content (AvgIpc) is 3.44. The second-order valence-corrected chi connectivity index (χ2v) is 9.38. The van der Waals surface area contributed by atoms with Gasteiger partial charge in [-0.2, -0.15) is 0 Å². The van der Waals surface area contributed by atoms with E-state index < -0.39 is 5.97 Å². The monoisotopic (exact) mass is 441 g/mol. The number of esters is 1. The lowest BCUT2D eigenvalue weighted by Crippen LogP contribution is -2.13. The number of rotatable bonds is 6. The third-order valence-electron chi connectivity index (χ3n) is 5.30. The summed E-state index contributed by atoms with van der Waals surface area (Å²) in [6, 6.07) is 7.83. The number of carbonyl (C=O) groups excluding carboxylic acids is 2. The molecule has 0 saturated carbocycles. The van der Waals surface area contributed by atoms with Gasteiger partial charge in [-0.3, -0.25) is 4.79 Å². The number of thiophene rings is 2. The number of hydrogen-bond acceptors (Lipinski definition) is 6. The number of aryl methyl sites for hydroxylation is 3. The molecule has 0 radical (unpaired) electrons. The molecule has 2 aromatic heterocycles. The molecule has 3 aromatic rings. The number of benzene rings is 1. The number of nitrogens with one attached hydrogen (secondary N) is 1. The van der Waals surface area contributed by atoms with Crippen LogP contribution < -0.4 is 10.1 Å². The molecule has 156 valence electrons. The molecule has 0 saturated heterocycles. The Morgan fingerprint density at radius 3 is 2.73 bits per heavy atom. The molecular weight excluding hydrogens is 418 g/mol. The van der Waals surface area contributed by atoms with Crippen LogP contribution in [0.15, 0.2) is 29.6 Å². The predicted octanol–water partition coefficient (Wildman–Crippen LogP) is 5.53. The van der Waals surface area contributed by atoms with Crippen LogP contribution >= 0.6 is 22.7 Å². The van der Waals surface area contributed by atoms with Gasteiger partial charge in [-0.05, 0) is 73.4 Å². The number of ether oxygens (including phenoxy) is 2. The molecule has 4 rings (SSSR count). The highest BCUT2D eigenvalue weighted by molar-refractivity contribution is 7.17. The number of fused-ring (bicyclic) bond motifs is 1. The van der Waals surface area contributed by atoms with Crippen molar-refractivity contribution in [1.29, 1.82) is 0 Å². The second kappa shape index (κ2) is 8.62. The fourth-order valence-corrected chi connectivity index (χ4v) is 5.58. The van der Waals surface area contributed by atoms with Gasteiger partial charge in [-0.15, -0.1) is 22.7 Å². The van der Waals surface area contributed by atoms with Gasteiger partial charge in [0.2, 0.25) is 0 Å². The standard InChI is InChI=1S/C23H23NO4S2/c1-13-7-8-16(9-14(13)2)28-11-15-10-19(29-12-15)21(25)24-22-20(23(26)27-3)17-5-4-6-18(17)30-22/h7-10,12H,4-6,11H2,1-3H3,(H,24,25). The lowest BCUT2D eigenvalue weighted by molar-refractivity contribution is 0.0601. The Morgan fingerprint density at radius 2 is 1.97 bits per heavy atom. The summed E-state index contributed by atoms with van der Waals surface area (Å²) in [6.45, 7) is 4.52. The van der Waals surface area contributed by atoms with Gasteiger partial charge in [0.25, 0.3) is 5.91 Å². The van der Waals surface area contributed by atoms with Gasteiger partial charge in [0.15, 0.2) is 0 Å². The summed E-state index contributed by atoms with van der Waals surface area (Å²) < 4.78 is 10.8. The lowest BCUT2D eigenvalue weighted by Gasteiger charge is -2.07. The van der Waals surface area contributed by atoms with E-state index in [2.05, 4.69) is 19.2 Å². The van der Waals surface area contributed by atoms with E-state index in [0.717, 1.165) is 36.1 Å². The summed E-state index contributed by atoms with van der Waals surface area (Å²) in [6.07, 6.45) is 2.83. The van der Waals surface area contributed by atoms with Gasteiger partial charge in [0, 0.05) is 10.4 Å². The first-order valence-corrected chi connectivity index (χ1v) is 11.5. The molecule has 5 nitrogen and oxygen atoms in total. The first kappa shape index (κ1) is 20.6. The van der Waals surface area contributed by atoms with Crippen molar-refractivity contribution in [1.82, 2.24) is 0 Å². The summed E-state index contributed by atoms with van der Waals surface area (Å²) in [5.74, 6) is 0.201. The summed E-state index contributed by atoms with van der Waals surface area (Å²) in [7, 11) is 1.37. The molecule has 0 bridgehead atoms. The molecule has 1 aliphatic carbocycles. The van der Waals surface area contributed by atoms with Gasteiger partial charge >= 0.3 is 5.97 Å². The summed E-state index contributed by atoms with van der Waals surface area (Å²) in [5, 5.41) is 5.42. The zero-order chi connectivity index (χ0) is 21.3. The van der Waals surface area contributed by atoms with Crippen molar-refractivity contribution in [2.24, 2.45) is 0 Å². The van der Waals surface area contributed by atoms with Gasteiger partial charge in [0.1, 0.15) is 17.4 Å². The lowest BCUT2D eigenvalue weighted by atomic mass is 10.1. The SMILES string of the molecule is COC(=O)c1c(NC(=O)c2cc(COc3ccc(C)c(C)c3)cs2)sc2c1CCC2. The number of carbonyl (C=O) groups is 2. The molecule has 0 aliphatic heterocycles. The maximum absolute atomic E-state index is 12.8. The van der Waals surface area contributed by atoms with Crippen LogP contribution in [0.1, 0.15) is 53.6 Å². The molecule has 0 unspecified atom stereocenters. The number of amides is 1. The third kappa shape index (κ3) is 4.13. The van der Waals surface area contributed by atoms with Crippen molar-refractivity contribution < 1.29 is 19.1 Å². The van der Waals surface area contributed by atoms with Crippen LogP contribution in [0.4, 0.5) is 5.00 Å². The molecule has 1 amide bonds. The fraction of sp³-hybridized carbons (Fsp3) is 0.304. The quantitative estimate of drug-likeness (QED) is 0.511. The third-order valence-corrected chi connectivity index (χ3v) is 7.48. The van der Waals surface area contributed by atoms with Crippen LogP contribution in [0.5, 0.6) is 5.75 Å². The number of methoxy groups -OCH3 is 1. The summed E-state index contributed by atoms with van der Waals surface area (Å²) in [5.41, 5.74) is 4.88. The van der Waals surface area contributed by atoms with E-state index >= 15 is 0 Å². The highest BCUT2D eigenvalue weighted by atomic mass is 32.1. The van der Waals surface area contributed by atoms with E-state index in [4.69, 9.17) is 9.47 Å². The molecule has 1 aromatic carbocycles. The van der Waals surface area contributed by atoms with Crippen LogP contribution in [0.3, 0.4) is 0 Å². The predicted molar refractivity (Wildman–Crippen MR) is 120 cm³/mol. The van der Waals surface area contributed by atoms with Gasteiger partial charge in [-0.1, -0.05) is 6.07 Å². The van der Waals surface area contributed by atoms with Gasteiger partial charge in [-0.25, -0.2) is 4.79 Å². The van der Waals surface area contributed by atoms with E-state index in [1.807, 2.05) is 29.6 Å². The van der Waals surface area contributed by atoms with Crippen molar-refractivity contribution in [3.63, 3.8) is 0 Å². The number of hydrogen-bond donors (Lipinski definition) is 1. The minimum atomic E-state index is -0.390. The van der Waals surface area contributed by atoms with Crippen LogP contribution in [0.25, 0.3) is 0 Å². The Balaban J connectivity index is 1.45. The molecule has 1 N–H and O–H groups in total. The zero-order valence-corrected chi connectivity index (χ0v) is 18.8. The Labute approximate surface area is 183 Å². The first-order chi connectivity index (χ1) is 14.5. The minimum Gasteiger partial charge on any atom is -0.489 e. The van der Waals surface area contributed by atoms with Crippen LogP contribution in [-0.4, -0.2) is 19.0 Å². The highest BCUT2D eigenvalue weighted by Crippen LogP contribution is 2.39. The molecule has 30 heavy (non-hydrogen) atoms. The van der Waals surface area contributed by atoms with E-state index in [0.29, 0.717) is 22.0 Å². The van der Waals surface area contributed by atoms with Crippen molar-refractivity contribution in [3.8, 4) is 5.75 Å². The minimum absolute atomic E-state index is 0.220. The van der Waals surface area contributed by atoms with Crippen LogP contribution in [-0.2, 0) is 24.2 Å². The normalized spacial score (nSPS) is 12.5. The molecule has 0 atom stereocenters. The average molecular weight is 442 g/mol. The molecule has 0 spiro atoms. The highest BCUT2D eigenvalue weighted by Gasteiger charge is 2.28. The fourth-order valence-electron chi connectivity index (χ4n) is 3.52. The maximum atomic E-state index is 12.8. The van der Waals surface area contributed by atoms with E-state index in [-0.39, 0.29) is 5.91 Å². The van der Waals surface area contributed by atoms with Gasteiger partial charge < -0.3 is 14.8 Å². The van der Waals surface area contributed by atoms with E-state index in [9.17, 15) is 9.59 Å². The molecule has 2 heterocycles. The van der Waals surface area contributed by atoms with Crippen molar-refractivity contribution in [3.05, 3.63) is 67.2 Å². The number of anilines is 1. The Morgan fingerprint density at radius 1 is 1.13 bits per heavy atom. The van der Waals surface area contributed by atoms with Crippen molar-refractivity contribution >= 4 is 39.6 Å². The van der Waals surface area contributed by atoms with E-state index in [1.54, 1.807) is 0 Å². The smallest absolute Gasteiger partial charge is 0.341 e. The van der Waals surface area contributed by atoms with Crippen molar-refractivity contribution in [2.75, 3.05) is 12.4 Å². The maximum Gasteiger partial charge on any atom is 0.341 e. The van der Waals surface area contributed by atoms with Crippen LogP contribution in [0.2, 0.25) is 0 Å². The Hall–Kier alpha value is -2.64. The Kier molecular flexibility index (Phi) is 5.92. The van der Waals surface area contributed by atoms with Gasteiger partial charge in [0.05, 0.1) is 17.6 Å². The molecular formula is C23H23NO4S2. The Bertz CT molecular complexity index is 1110. The largest absolute Gasteiger partial charge is 0.489 e. The molecule has 7 heteroatoms. The van der Waals surface area contributed by atoms with Crippen molar-refractivity contribution in [2.45, 2.75) is 39.7 Å².